The highest BCUT2D eigenvalue weighted by atomic mass is 16.3. The van der Waals surface area contributed by atoms with E-state index in [1.807, 2.05) is 26.1 Å². The van der Waals surface area contributed by atoms with Crippen molar-refractivity contribution in [3.63, 3.8) is 0 Å². The van der Waals surface area contributed by atoms with Gasteiger partial charge < -0.3 is 15.1 Å². The summed E-state index contributed by atoms with van der Waals surface area (Å²) in [5, 5.41) is 23.6. The number of aliphatic hydroxyl groups is 2. The second kappa shape index (κ2) is 9.45. The minimum absolute atomic E-state index is 0.333. The van der Waals surface area contributed by atoms with Crippen molar-refractivity contribution in [2.45, 2.75) is 64.6 Å². The summed E-state index contributed by atoms with van der Waals surface area (Å²) in [7, 11) is 2.08. The maximum atomic E-state index is 12.4. The van der Waals surface area contributed by atoms with E-state index in [1.54, 1.807) is 18.6 Å². The highest BCUT2D eigenvalue weighted by Crippen LogP contribution is 2.50. The van der Waals surface area contributed by atoms with Crippen LogP contribution in [-0.2, 0) is 17.6 Å². The summed E-state index contributed by atoms with van der Waals surface area (Å²) in [6, 6.07) is 12.4. The summed E-state index contributed by atoms with van der Waals surface area (Å²) in [6.45, 7) is 11.9. The largest absolute Gasteiger partial charge is 0.385 e. The zero-order chi connectivity index (χ0) is 25.4. The lowest BCUT2D eigenvalue weighted by molar-refractivity contribution is -0.127. The number of rotatable bonds is 8. The van der Waals surface area contributed by atoms with Gasteiger partial charge in [0.1, 0.15) is 5.60 Å². The van der Waals surface area contributed by atoms with E-state index in [0.717, 1.165) is 40.9 Å². The summed E-state index contributed by atoms with van der Waals surface area (Å²) in [6.07, 6.45) is 8.33. The Morgan fingerprint density at radius 3 is 2.17 bits per heavy atom. The highest BCUT2D eigenvalue weighted by molar-refractivity contribution is 5.42. The molecule has 3 heterocycles. The molecule has 2 aromatic heterocycles. The number of hydrogen-bond acceptors (Lipinski definition) is 5. The van der Waals surface area contributed by atoms with Gasteiger partial charge >= 0.3 is 0 Å². The average molecular weight is 474 g/mol. The first-order valence-corrected chi connectivity index (χ1v) is 12.5. The average Bonchev–Trinajstić information content (AvgIpc) is 2.81. The zero-order valence-electron chi connectivity index (χ0n) is 21.9. The van der Waals surface area contributed by atoms with Gasteiger partial charge in [0, 0.05) is 54.4 Å². The number of benzene rings is 1. The lowest BCUT2D eigenvalue weighted by Crippen LogP contribution is -2.63. The number of hydrogen-bond donors (Lipinski definition) is 2. The molecule has 2 N–H and O–H groups in total. The Bertz CT molecular complexity index is 1170. The molecule has 0 bridgehead atoms. The van der Waals surface area contributed by atoms with E-state index < -0.39 is 11.2 Å². The van der Waals surface area contributed by atoms with Crippen LogP contribution >= 0.6 is 0 Å². The van der Waals surface area contributed by atoms with Crippen LogP contribution in [0.5, 0.6) is 0 Å². The van der Waals surface area contributed by atoms with Crippen LogP contribution in [0.3, 0.4) is 0 Å². The van der Waals surface area contributed by atoms with E-state index in [1.165, 1.54) is 5.56 Å². The van der Waals surface area contributed by atoms with Gasteiger partial charge in [-0.05, 0) is 68.0 Å². The summed E-state index contributed by atoms with van der Waals surface area (Å²) in [5.41, 5.74) is 3.30. The van der Waals surface area contributed by atoms with Gasteiger partial charge in [-0.25, -0.2) is 0 Å². The van der Waals surface area contributed by atoms with E-state index in [4.69, 9.17) is 0 Å². The number of aromatic nitrogens is 2. The van der Waals surface area contributed by atoms with Crippen LogP contribution in [0.2, 0.25) is 0 Å². The molecule has 1 fully saturated rings. The summed E-state index contributed by atoms with van der Waals surface area (Å²) in [5.74, 6) is 0.434. The molecule has 0 aliphatic carbocycles. The van der Waals surface area contributed by atoms with Crippen LogP contribution in [0.15, 0.2) is 61.2 Å². The van der Waals surface area contributed by atoms with Crippen LogP contribution < -0.4 is 0 Å². The van der Waals surface area contributed by atoms with Crippen LogP contribution in [0.1, 0.15) is 73.4 Å². The summed E-state index contributed by atoms with van der Waals surface area (Å²) in [4.78, 5) is 11.0. The predicted octanol–water partition coefficient (Wildman–Crippen LogP) is 4.94. The number of pyridine rings is 2. The monoisotopic (exact) mass is 473 g/mol. The van der Waals surface area contributed by atoms with Gasteiger partial charge in [0.05, 0.1) is 5.60 Å². The minimum atomic E-state index is -1.17. The Balaban J connectivity index is 1.65. The lowest BCUT2D eigenvalue weighted by Gasteiger charge is -2.56. The molecule has 4 rings (SSSR count). The van der Waals surface area contributed by atoms with Crippen molar-refractivity contribution >= 4 is 0 Å². The van der Waals surface area contributed by atoms with Crippen LogP contribution in [0.4, 0.5) is 0 Å². The van der Waals surface area contributed by atoms with Gasteiger partial charge in [-0.15, -0.1) is 0 Å². The normalized spacial score (nSPS) is 19.1. The fourth-order valence-corrected chi connectivity index (χ4v) is 5.55. The smallest absolute Gasteiger partial charge is 0.124 e. The number of aryl methyl sites for hydroxylation is 2. The topological polar surface area (TPSA) is 69.5 Å². The maximum absolute atomic E-state index is 12.4. The van der Waals surface area contributed by atoms with Crippen LogP contribution in [-0.4, -0.2) is 45.2 Å². The molecule has 5 nitrogen and oxygen atoms in total. The van der Waals surface area contributed by atoms with Gasteiger partial charge in [0.15, 0.2) is 0 Å². The lowest BCUT2D eigenvalue weighted by atomic mass is 9.62. The summed E-state index contributed by atoms with van der Waals surface area (Å²) >= 11 is 0. The second-order valence-corrected chi connectivity index (χ2v) is 11.3. The van der Waals surface area contributed by atoms with E-state index in [0.29, 0.717) is 18.8 Å². The van der Waals surface area contributed by atoms with Gasteiger partial charge in [0.25, 0.3) is 0 Å². The van der Waals surface area contributed by atoms with Gasteiger partial charge in [-0.3, -0.25) is 9.97 Å². The van der Waals surface area contributed by atoms with Crippen molar-refractivity contribution in [1.82, 2.24) is 14.9 Å². The molecular weight excluding hydrogens is 434 g/mol. The number of likely N-dealkylation sites (tertiary alicyclic amines) is 1. The Hall–Kier alpha value is -2.60. The molecule has 0 spiro atoms. The van der Waals surface area contributed by atoms with Gasteiger partial charge in [0.2, 0.25) is 0 Å². The van der Waals surface area contributed by atoms with Crippen molar-refractivity contribution in [2.24, 2.45) is 5.41 Å². The minimum Gasteiger partial charge on any atom is -0.385 e. The third kappa shape index (κ3) is 4.90. The first-order chi connectivity index (χ1) is 16.4. The predicted molar refractivity (Wildman–Crippen MR) is 140 cm³/mol. The van der Waals surface area contributed by atoms with Crippen LogP contribution in [0, 0.1) is 12.3 Å². The van der Waals surface area contributed by atoms with Gasteiger partial charge in [-0.1, -0.05) is 51.1 Å². The Morgan fingerprint density at radius 1 is 0.943 bits per heavy atom. The SMILES string of the molecule is Cc1cncc(C(C)(O)CCc2cncc([C@@](O)(c3ccc(C(C)C)cc3)C3(C)CN(C)C3)c2)c1. The Kier molecular flexibility index (Phi) is 6.89. The Morgan fingerprint density at radius 2 is 1.57 bits per heavy atom. The van der Waals surface area contributed by atoms with Crippen molar-refractivity contribution in [3.8, 4) is 0 Å². The van der Waals surface area contributed by atoms with E-state index in [9.17, 15) is 10.2 Å². The highest BCUT2D eigenvalue weighted by Gasteiger charge is 2.55. The molecule has 0 amide bonds. The fraction of sp³-hybridized carbons (Fsp3) is 0.467. The molecule has 186 valence electrons. The molecule has 1 aliphatic rings. The molecular formula is C30H39N3O2. The molecule has 2 atom stereocenters. The van der Waals surface area contributed by atoms with Crippen molar-refractivity contribution in [1.29, 1.82) is 0 Å². The first kappa shape index (κ1) is 25.5. The third-order valence-electron chi connectivity index (χ3n) is 7.72. The van der Waals surface area contributed by atoms with E-state index in [-0.39, 0.29) is 5.41 Å². The van der Waals surface area contributed by atoms with Crippen molar-refractivity contribution in [2.75, 3.05) is 20.1 Å². The first-order valence-electron chi connectivity index (χ1n) is 12.5. The van der Waals surface area contributed by atoms with Crippen LogP contribution in [0.25, 0.3) is 0 Å². The Labute approximate surface area is 209 Å². The second-order valence-electron chi connectivity index (χ2n) is 11.3. The molecule has 3 aromatic rings. The van der Waals surface area contributed by atoms with E-state index >= 15 is 0 Å². The van der Waals surface area contributed by atoms with Crippen molar-refractivity contribution < 1.29 is 10.2 Å². The molecule has 35 heavy (non-hydrogen) atoms. The standard InChI is InChI=1S/C30H39N3O2/c1-21(2)24-7-9-25(10-8-24)30(35,28(4)19-33(6)20-28)27-14-23(16-32-18-27)11-12-29(5,34)26-13-22(3)15-31-17-26/h7-10,13-18,21,34-35H,11-12,19-20H2,1-6H3/t29?,30-/m0/s1. The van der Waals surface area contributed by atoms with E-state index in [2.05, 4.69) is 73.0 Å². The molecule has 5 heteroatoms. The van der Waals surface area contributed by atoms with Crippen molar-refractivity contribution in [3.05, 3.63) is 94.6 Å². The molecule has 1 aliphatic heterocycles. The quantitative estimate of drug-likeness (QED) is 0.485. The third-order valence-corrected chi connectivity index (χ3v) is 7.72. The zero-order valence-corrected chi connectivity index (χ0v) is 21.9. The summed E-state index contributed by atoms with van der Waals surface area (Å²) < 4.78 is 0. The molecule has 1 aromatic carbocycles. The molecule has 1 unspecified atom stereocenters. The fourth-order valence-electron chi connectivity index (χ4n) is 5.55. The number of nitrogens with zero attached hydrogens (tertiary/aromatic N) is 3. The molecule has 0 radical (unpaired) electrons. The maximum Gasteiger partial charge on any atom is 0.124 e. The molecule has 1 saturated heterocycles. The molecule has 0 saturated carbocycles. The van der Waals surface area contributed by atoms with Gasteiger partial charge in [-0.2, -0.15) is 0 Å².